The van der Waals surface area contributed by atoms with Crippen LogP contribution in [0, 0.1) is 0 Å². The van der Waals surface area contributed by atoms with Gasteiger partial charge in [-0.2, -0.15) is 0 Å². The molecule has 7 heteroatoms. The maximum Gasteiger partial charge on any atom is 0.221 e. The van der Waals surface area contributed by atoms with Crippen molar-refractivity contribution in [2.24, 2.45) is 0 Å². The van der Waals surface area contributed by atoms with Crippen LogP contribution in [0.4, 0.5) is 0 Å². The van der Waals surface area contributed by atoms with Crippen LogP contribution in [0.15, 0.2) is 0 Å². The Balaban J connectivity index is 3.74. The van der Waals surface area contributed by atoms with Crippen molar-refractivity contribution in [1.29, 1.82) is 0 Å². The van der Waals surface area contributed by atoms with Crippen LogP contribution in [0.5, 0.6) is 0 Å². The van der Waals surface area contributed by atoms with E-state index >= 15 is 0 Å². The van der Waals surface area contributed by atoms with Gasteiger partial charge in [0.2, 0.25) is 15.9 Å². The third-order valence-corrected chi connectivity index (χ3v) is 4.08. The summed E-state index contributed by atoms with van der Waals surface area (Å²) in [6, 6.07) is 0. The summed E-state index contributed by atoms with van der Waals surface area (Å²) in [5.74, 6) is -0.353. The monoisotopic (exact) mass is 265 g/mol. The number of hydrogen-bond acceptors (Lipinski definition) is 4. The minimum Gasteiger partial charge on any atom is -0.356 e. The summed E-state index contributed by atoms with van der Waals surface area (Å²) in [6.07, 6.45) is 0.877. The zero-order valence-corrected chi connectivity index (χ0v) is 11.9. The van der Waals surface area contributed by atoms with Crippen LogP contribution < -0.4 is 5.32 Å². The summed E-state index contributed by atoms with van der Waals surface area (Å²) in [6.45, 7) is 1.48. The molecule has 0 aromatic heterocycles. The lowest BCUT2D eigenvalue weighted by molar-refractivity contribution is -0.120. The molecule has 17 heavy (non-hydrogen) atoms. The van der Waals surface area contributed by atoms with E-state index in [9.17, 15) is 13.2 Å². The zero-order chi connectivity index (χ0) is 13.5. The largest absolute Gasteiger partial charge is 0.356 e. The second-order valence-corrected chi connectivity index (χ2v) is 6.66. The summed E-state index contributed by atoms with van der Waals surface area (Å²) in [5, 5.41) is 2.70. The van der Waals surface area contributed by atoms with Crippen LogP contribution in [-0.2, 0) is 14.8 Å². The number of nitrogens with zero attached hydrogens (tertiary/aromatic N) is 2. The number of carbonyl (C=O) groups is 1. The Morgan fingerprint density at radius 3 is 2.24 bits per heavy atom. The Labute approximate surface area is 104 Å². The van der Waals surface area contributed by atoms with Crippen LogP contribution in [0.1, 0.15) is 12.8 Å². The van der Waals surface area contributed by atoms with Crippen molar-refractivity contribution in [3.63, 3.8) is 0 Å². The van der Waals surface area contributed by atoms with Gasteiger partial charge >= 0.3 is 0 Å². The predicted octanol–water partition coefficient (Wildman–Crippen LogP) is -0.664. The van der Waals surface area contributed by atoms with Crippen molar-refractivity contribution in [2.75, 3.05) is 47.0 Å². The van der Waals surface area contributed by atoms with Crippen molar-refractivity contribution in [3.8, 4) is 0 Å². The highest BCUT2D eigenvalue weighted by Gasteiger charge is 2.15. The number of sulfonamides is 1. The Hall–Kier alpha value is -0.660. The zero-order valence-electron chi connectivity index (χ0n) is 11.1. The topological polar surface area (TPSA) is 69.7 Å². The highest BCUT2D eigenvalue weighted by molar-refractivity contribution is 7.89. The van der Waals surface area contributed by atoms with Crippen molar-refractivity contribution >= 4 is 15.9 Å². The average molecular weight is 265 g/mol. The average Bonchev–Trinajstić information content (AvgIpc) is 2.21. The van der Waals surface area contributed by atoms with E-state index in [0.717, 1.165) is 17.3 Å². The molecule has 0 saturated carbocycles. The molecule has 0 saturated heterocycles. The highest BCUT2D eigenvalue weighted by Crippen LogP contribution is 1.97. The van der Waals surface area contributed by atoms with Crippen LogP contribution in [0.3, 0.4) is 0 Å². The Bertz CT molecular complexity index is 326. The van der Waals surface area contributed by atoms with Gasteiger partial charge in [-0.15, -0.1) is 0 Å². The molecule has 0 unspecified atom stereocenters. The third kappa shape index (κ3) is 8.12. The van der Waals surface area contributed by atoms with Crippen molar-refractivity contribution < 1.29 is 13.2 Å². The smallest absolute Gasteiger partial charge is 0.221 e. The van der Waals surface area contributed by atoms with E-state index in [2.05, 4.69) is 5.32 Å². The van der Waals surface area contributed by atoms with E-state index < -0.39 is 10.0 Å². The van der Waals surface area contributed by atoms with Crippen molar-refractivity contribution in [3.05, 3.63) is 0 Å². The summed E-state index contributed by atoms with van der Waals surface area (Å²) in [5.41, 5.74) is 0. The first-order valence-electron chi connectivity index (χ1n) is 5.57. The molecule has 0 atom stereocenters. The molecule has 6 nitrogen and oxygen atoms in total. The lowest BCUT2D eigenvalue weighted by Crippen LogP contribution is -2.31. The molecule has 102 valence electrons. The van der Waals surface area contributed by atoms with Gasteiger partial charge in [0.05, 0.1) is 5.75 Å². The van der Waals surface area contributed by atoms with Crippen LogP contribution in [0.25, 0.3) is 0 Å². The molecule has 0 radical (unpaired) electrons. The lowest BCUT2D eigenvalue weighted by atomic mass is 10.4. The summed E-state index contributed by atoms with van der Waals surface area (Å²) in [7, 11) is 3.58. The van der Waals surface area contributed by atoms with E-state index in [4.69, 9.17) is 0 Å². The van der Waals surface area contributed by atoms with E-state index in [-0.39, 0.29) is 18.1 Å². The summed E-state index contributed by atoms with van der Waals surface area (Å²) >= 11 is 0. The molecule has 0 aromatic rings. The Morgan fingerprint density at radius 1 is 1.18 bits per heavy atom. The van der Waals surface area contributed by atoms with E-state index in [1.54, 1.807) is 0 Å². The molecule has 0 aromatic carbocycles. The van der Waals surface area contributed by atoms with Gasteiger partial charge in [0.15, 0.2) is 0 Å². The molecule has 0 bridgehead atoms. The van der Waals surface area contributed by atoms with E-state index in [0.29, 0.717) is 6.54 Å². The fraction of sp³-hybridized carbons (Fsp3) is 0.900. The summed E-state index contributed by atoms with van der Waals surface area (Å²) in [4.78, 5) is 13.4. The molecule has 0 rings (SSSR count). The molecule has 0 aliphatic rings. The SMILES string of the molecule is CN(C)CCCNC(=O)CCS(=O)(=O)N(C)C. The van der Waals surface area contributed by atoms with Gasteiger partial charge in [-0.1, -0.05) is 0 Å². The number of nitrogens with one attached hydrogen (secondary N) is 1. The highest BCUT2D eigenvalue weighted by atomic mass is 32.2. The Morgan fingerprint density at radius 2 is 1.76 bits per heavy atom. The first-order chi connectivity index (χ1) is 7.75. The van der Waals surface area contributed by atoms with Gasteiger partial charge in [0.1, 0.15) is 0 Å². The Kier molecular flexibility index (Phi) is 7.33. The van der Waals surface area contributed by atoms with Crippen LogP contribution in [-0.4, -0.2) is 70.6 Å². The first kappa shape index (κ1) is 16.3. The first-order valence-corrected chi connectivity index (χ1v) is 7.18. The van der Waals surface area contributed by atoms with E-state index in [1.165, 1.54) is 14.1 Å². The maximum absolute atomic E-state index is 11.4. The molecular formula is C10H23N3O3S. The predicted molar refractivity (Wildman–Crippen MR) is 68.3 cm³/mol. The van der Waals surface area contributed by atoms with Crippen LogP contribution in [0.2, 0.25) is 0 Å². The second kappa shape index (κ2) is 7.62. The minimum absolute atomic E-state index is 0.0163. The quantitative estimate of drug-likeness (QED) is 0.591. The van der Waals surface area contributed by atoms with Gasteiger partial charge in [-0.05, 0) is 27.1 Å². The molecule has 0 spiro atoms. The third-order valence-electron chi connectivity index (χ3n) is 2.25. The molecular weight excluding hydrogens is 242 g/mol. The normalized spacial score (nSPS) is 12.1. The van der Waals surface area contributed by atoms with Gasteiger partial charge < -0.3 is 10.2 Å². The summed E-state index contributed by atoms with van der Waals surface area (Å²) < 4.78 is 23.9. The molecule has 0 aliphatic carbocycles. The molecule has 1 N–H and O–H groups in total. The van der Waals surface area contributed by atoms with Gasteiger partial charge in [0.25, 0.3) is 0 Å². The van der Waals surface area contributed by atoms with Gasteiger partial charge in [-0.3, -0.25) is 4.79 Å². The molecule has 0 aliphatic heterocycles. The standard InChI is InChI=1S/C10H23N3O3S/c1-12(2)8-5-7-11-10(14)6-9-17(15,16)13(3)4/h5-9H2,1-4H3,(H,11,14). The molecule has 0 heterocycles. The maximum atomic E-state index is 11.4. The van der Waals surface area contributed by atoms with Crippen LogP contribution >= 0.6 is 0 Å². The molecule has 0 fully saturated rings. The fourth-order valence-corrected chi connectivity index (χ4v) is 1.92. The van der Waals surface area contributed by atoms with E-state index in [1.807, 2.05) is 19.0 Å². The lowest BCUT2D eigenvalue weighted by Gasteiger charge is -2.12. The van der Waals surface area contributed by atoms with Crippen molar-refractivity contribution in [1.82, 2.24) is 14.5 Å². The number of amides is 1. The second-order valence-electron chi connectivity index (χ2n) is 4.36. The van der Waals surface area contributed by atoms with Gasteiger partial charge in [-0.25, -0.2) is 12.7 Å². The number of hydrogen-bond donors (Lipinski definition) is 1. The fourth-order valence-electron chi connectivity index (χ4n) is 1.12. The number of carbonyl (C=O) groups excluding carboxylic acids is 1. The minimum atomic E-state index is -3.27. The van der Waals surface area contributed by atoms with Gasteiger partial charge in [0, 0.05) is 27.1 Å². The van der Waals surface area contributed by atoms with Crippen molar-refractivity contribution in [2.45, 2.75) is 12.8 Å². The molecule has 1 amide bonds. The number of rotatable bonds is 8.